The summed E-state index contributed by atoms with van der Waals surface area (Å²) in [4.78, 5) is 0. The Bertz CT molecular complexity index is 534. The first-order chi connectivity index (χ1) is 8.78. The van der Waals surface area contributed by atoms with Crippen LogP contribution in [-0.4, -0.2) is 11.4 Å². The van der Waals surface area contributed by atoms with Crippen molar-refractivity contribution >= 4 is 22.1 Å². The molecule has 1 N–H and O–H groups in total. The van der Waals surface area contributed by atoms with Crippen molar-refractivity contribution < 1.29 is 5.21 Å². The summed E-state index contributed by atoms with van der Waals surface area (Å²) in [5, 5.41) is 11.4. The minimum atomic E-state index is 0.657. The molecular weight excluding hydrogens is 290 g/mol. The van der Waals surface area contributed by atoms with Crippen LogP contribution in [0.4, 0.5) is 0 Å². The fourth-order valence-corrected chi connectivity index (χ4v) is 2.12. The highest BCUT2D eigenvalue weighted by Crippen LogP contribution is 2.15. The van der Waals surface area contributed by atoms with E-state index in [-0.39, 0.29) is 0 Å². The maximum Gasteiger partial charge on any atom is 0.0479 e. The van der Waals surface area contributed by atoms with E-state index in [9.17, 15) is 0 Å². The van der Waals surface area contributed by atoms with Gasteiger partial charge in [-0.2, -0.15) is 0 Å². The van der Waals surface area contributed by atoms with E-state index in [4.69, 9.17) is 5.21 Å². The summed E-state index contributed by atoms with van der Waals surface area (Å²) in [6.45, 7) is 0. The second-order valence-electron chi connectivity index (χ2n) is 4.13. The van der Waals surface area contributed by atoms with Crippen LogP contribution in [0, 0.1) is 0 Å². The predicted octanol–water partition coefficient (Wildman–Crippen LogP) is 4.04. The minimum Gasteiger partial charge on any atom is -0.411 e. The second kappa shape index (κ2) is 6.36. The van der Waals surface area contributed by atoms with Crippen LogP contribution < -0.4 is 0 Å². The normalized spacial score (nSPS) is 10.9. The molecule has 0 aromatic heterocycles. The average Bonchev–Trinajstić information content (AvgIpc) is 2.40. The zero-order valence-corrected chi connectivity index (χ0v) is 11.5. The van der Waals surface area contributed by atoms with Crippen molar-refractivity contribution in [3.05, 3.63) is 69.7 Å². The lowest BCUT2D eigenvalue weighted by atomic mass is 10.0. The van der Waals surface area contributed by atoms with Gasteiger partial charge in [0.1, 0.15) is 0 Å². The Balaban J connectivity index is 2.11. The molecule has 0 unspecified atom stereocenters. The van der Waals surface area contributed by atoms with Gasteiger partial charge in [0.05, 0.1) is 0 Å². The molecule has 0 spiro atoms. The summed E-state index contributed by atoms with van der Waals surface area (Å²) >= 11 is 3.43. The lowest BCUT2D eigenvalue weighted by molar-refractivity contribution is 0.321. The van der Waals surface area contributed by atoms with Crippen molar-refractivity contribution in [2.75, 3.05) is 0 Å². The SMILES string of the molecule is O/N=C/Cc1cccc(Cc2ccc(Br)cc2)c1. The van der Waals surface area contributed by atoms with Gasteiger partial charge in [-0.3, -0.25) is 0 Å². The molecule has 0 aliphatic carbocycles. The van der Waals surface area contributed by atoms with Crippen molar-refractivity contribution in [3.63, 3.8) is 0 Å². The van der Waals surface area contributed by atoms with Crippen LogP contribution in [-0.2, 0) is 12.8 Å². The molecule has 0 fully saturated rings. The molecule has 92 valence electrons. The Kier molecular flexibility index (Phi) is 4.53. The third-order valence-corrected chi connectivity index (χ3v) is 3.25. The van der Waals surface area contributed by atoms with Gasteiger partial charge in [0, 0.05) is 17.1 Å². The number of halogens is 1. The van der Waals surface area contributed by atoms with Gasteiger partial charge in [-0.1, -0.05) is 52.3 Å². The molecule has 0 saturated carbocycles. The molecule has 0 atom stereocenters. The monoisotopic (exact) mass is 303 g/mol. The third-order valence-electron chi connectivity index (χ3n) is 2.72. The zero-order chi connectivity index (χ0) is 12.8. The fourth-order valence-electron chi connectivity index (χ4n) is 1.85. The Hall–Kier alpha value is -1.61. The molecular formula is C15H14BrNO. The Morgan fingerprint density at radius 1 is 1.00 bits per heavy atom. The molecule has 2 aromatic rings. The number of nitrogens with zero attached hydrogens (tertiary/aromatic N) is 1. The highest BCUT2D eigenvalue weighted by atomic mass is 79.9. The standard InChI is InChI=1S/C15H14BrNO/c16-15-6-4-13(5-7-15)11-14-3-1-2-12(10-14)8-9-17-18/h1-7,9-10,18H,8,11H2/b17-9+. The summed E-state index contributed by atoms with van der Waals surface area (Å²) in [6.07, 6.45) is 3.07. The van der Waals surface area contributed by atoms with Crippen LogP contribution in [0.25, 0.3) is 0 Å². The van der Waals surface area contributed by atoms with Gasteiger partial charge in [-0.05, 0) is 35.2 Å². The molecule has 0 saturated heterocycles. The van der Waals surface area contributed by atoms with Crippen molar-refractivity contribution in [2.24, 2.45) is 5.16 Å². The molecule has 0 bridgehead atoms. The first-order valence-corrected chi connectivity index (χ1v) is 6.55. The van der Waals surface area contributed by atoms with E-state index in [0.29, 0.717) is 6.42 Å². The number of rotatable bonds is 4. The van der Waals surface area contributed by atoms with Crippen molar-refractivity contribution in [3.8, 4) is 0 Å². The van der Waals surface area contributed by atoms with E-state index in [1.807, 2.05) is 12.1 Å². The van der Waals surface area contributed by atoms with Crippen molar-refractivity contribution in [2.45, 2.75) is 12.8 Å². The first-order valence-electron chi connectivity index (χ1n) is 5.76. The van der Waals surface area contributed by atoms with Crippen LogP contribution in [0.5, 0.6) is 0 Å². The maximum absolute atomic E-state index is 8.42. The minimum absolute atomic E-state index is 0.657. The van der Waals surface area contributed by atoms with Crippen LogP contribution in [0.15, 0.2) is 58.2 Å². The van der Waals surface area contributed by atoms with Gasteiger partial charge >= 0.3 is 0 Å². The van der Waals surface area contributed by atoms with E-state index in [0.717, 1.165) is 16.5 Å². The van der Waals surface area contributed by atoms with Gasteiger partial charge in [-0.25, -0.2) is 0 Å². The number of oxime groups is 1. The molecule has 0 heterocycles. The molecule has 0 aliphatic heterocycles. The molecule has 2 aromatic carbocycles. The van der Waals surface area contributed by atoms with Crippen LogP contribution >= 0.6 is 15.9 Å². The van der Waals surface area contributed by atoms with E-state index in [2.05, 4.69) is 57.5 Å². The summed E-state index contributed by atoms with van der Waals surface area (Å²) in [7, 11) is 0. The van der Waals surface area contributed by atoms with Gasteiger partial charge in [0.25, 0.3) is 0 Å². The van der Waals surface area contributed by atoms with Crippen molar-refractivity contribution in [1.29, 1.82) is 0 Å². The van der Waals surface area contributed by atoms with Crippen molar-refractivity contribution in [1.82, 2.24) is 0 Å². The van der Waals surface area contributed by atoms with Gasteiger partial charge in [0.15, 0.2) is 0 Å². The van der Waals surface area contributed by atoms with E-state index < -0.39 is 0 Å². The molecule has 3 heteroatoms. The second-order valence-corrected chi connectivity index (χ2v) is 5.04. The van der Waals surface area contributed by atoms with Gasteiger partial charge < -0.3 is 5.21 Å². The largest absolute Gasteiger partial charge is 0.411 e. The maximum atomic E-state index is 8.42. The topological polar surface area (TPSA) is 32.6 Å². The lowest BCUT2D eigenvalue weighted by Crippen LogP contribution is -1.91. The third kappa shape index (κ3) is 3.70. The number of hydrogen-bond acceptors (Lipinski definition) is 2. The summed E-state index contributed by atoms with van der Waals surface area (Å²) in [5.74, 6) is 0. The zero-order valence-electron chi connectivity index (χ0n) is 9.88. The van der Waals surface area contributed by atoms with Crippen LogP contribution in [0.1, 0.15) is 16.7 Å². The number of benzene rings is 2. The Morgan fingerprint density at radius 2 is 1.72 bits per heavy atom. The van der Waals surface area contributed by atoms with Crippen LogP contribution in [0.3, 0.4) is 0 Å². The molecule has 2 rings (SSSR count). The first kappa shape index (κ1) is 12.8. The van der Waals surface area contributed by atoms with E-state index in [1.54, 1.807) is 0 Å². The van der Waals surface area contributed by atoms with Gasteiger partial charge in [0.2, 0.25) is 0 Å². The van der Waals surface area contributed by atoms with E-state index >= 15 is 0 Å². The fraction of sp³-hybridized carbons (Fsp3) is 0.133. The smallest absolute Gasteiger partial charge is 0.0479 e. The number of hydrogen-bond donors (Lipinski definition) is 1. The van der Waals surface area contributed by atoms with Crippen LogP contribution in [0.2, 0.25) is 0 Å². The molecule has 0 aliphatic rings. The predicted molar refractivity (Wildman–Crippen MR) is 77.4 cm³/mol. The highest BCUT2D eigenvalue weighted by molar-refractivity contribution is 9.10. The molecule has 18 heavy (non-hydrogen) atoms. The Morgan fingerprint density at radius 3 is 2.44 bits per heavy atom. The van der Waals surface area contributed by atoms with Gasteiger partial charge in [-0.15, -0.1) is 5.16 Å². The lowest BCUT2D eigenvalue weighted by Gasteiger charge is -2.04. The highest BCUT2D eigenvalue weighted by Gasteiger charge is 1.98. The summed E-state index contributed by atoms with van der Waals surface area (Å²) < 4.78 is 1.10. The summed E-state index contributed by atoms with van der Waals surface area (Å²) in [5.41, 5.74) is 3.70. The Labute approximate surface area is 115 Å². The molecule has 2 nitrogen and oxygen atoms in total. The molecule has 0 amide bonds. The molecule has 0 radical (unpaired) electrons. The average molecular weight is 304 g/mol. The van der Waals surface area contributed by atoms with E-state index in [1.165, 1.54) is 17.3 Å². The quantitative estimate of drug-likeness (QED) is 0.516. The summed E-state index contributed by atoms with van der Waals surface area (Å²) in [6, 6.07) is 16.7.